The van der Waals surface area contributed by atoms with Gasteiger partial charge in [0.2, 0.25) is 0 Å². The molecule has 5 heteroatoms. The molecule has 0 aliphatic carbocycles. The lowest BCUT2D eigenvalue weighted by Crippen LogP contribution is -2.43. The molecule has 19 heavy (non-hydrogen) atoms. The van der Waals surface area contributed by atoms with E-state index in [1.807, 2.05) is 25.2 Å². The third-order valence-corrected chi connectivity index (χ3v) is 3.45. The zero-order valence-electron chi connectivity index (χ0n) is 11.1. The van der Waals surface area contributed by atoms with E-state index < -0.39 is 6.10 Å². The van der Waals surface area contributed by atoms with Gasteiger partial charge in [-0.1, -0.05) is 30.3 Å². The molecule has 1 aromatic rings. The van der Waals surface area contributed by atoms with Crippen LogP contribution in [0.1, 0.15) is 24.5 Å². The van der Waals surface area contributed by atoms with Gasteiger partial charge in [0.15, 0.2) is 6.10 Å². The van der Waals surface area contributed by atoms with Crippen molar-refractivity contribution >= 4 is 18.3 Å². The molecule has 1 amide bonds. The average Bonchev–Trinajstić information content (AvgIpc) is 2.87. The summed E-state index contributed by atoms with van der Waals surface area (Å²) in [5.74, 6) is -0.182. The summed E-state index contributed by atoms with van der Waals surface area (Å²) < 4.78 is 0. The number of likely N-dealkylation sites (N-methyl/N-ethyl adjacent to an activating group) is 1. The summed E-state index contributed by atoms with van der Waals surface area (Å²) in [6.45, 7) is 1.53. The molecule has 106 valence electrons. The van der Waals surface area contributed by atoms with Crippen molar-refractivity contribution in [1.29, 1.82) is 0 Å². The van der Waals surface area contributed by atoms with Gasteiger partial charge in [0, 0.05) is 19.1 Å². The van der Waals surface area contributed by atoms with Crippen LogP contribution in [0.2, 0.25) is 0 Å². The molecule has 0 saturated carbocycles. The Kier molecular flexibility index (Phi) is 6.28. The van der Waals surface area contributed by atoms with Crippen LogP contribution in [0.3, 0.4) is 0 Å². The molecule has 1 aromatic carbocycles. The minimum absolute atomic E-state index is 0. The van der Waals surface area contributed by atoms with Crippen molar-refractivity contribution in [3.05, 3.63) is 35.9 Å². The van der Waals surface area contributed by atoms with E-state index in [0.717, 1.165) is 25.9 Å². The Hall–Kier alpha value is -1.10. The zero-order chi connectivity index (χ0) is 13.0. The molecule has 0 spiro atoms. The summed E-state index contributed by atoms with van der Waals surface area (Å²) in [6, 6.07) is 9.32. The zero-order valence-corrected chi connectivity index (χ0v) is 11.9. The molecule has 1 aliphatic heterocycles. The number of hydrogen-bond donors (Lipinski definition) is 2. The second-order valence-electron chi connectivity index (χ2n) is 4.70. The molecule has 4 nitrogen and oxygen atoms in total. The molecular formula is C14H21ClN2O2. The predicted octanol–water partition coefficient (Wildman–Crippen LogP) is 1.35. The number of benzene rings is 1. The molecule has 0 radical (unpaired) electrons. The first-order chi connectivity index (χ1) is 8.74. The van der Waals surface area contributed by atoms with E-state index in [1.54, 1.807) is 17.0 Å². The van der Waals surface area contributed by atoms with Crippen LogP contribution in [0.4, 0.5) is 0 Å². The van der Waals surface area contributed by atoms with Crippen LogP contribution in [-0.2, 0) is 4.79 Å². The number of nitrogens with zero attached hydrogens (tertiary/aromatic N) is 1. The van der Waals surface area contributed by atoms with Crippen LogP contribution in [0.25, 0.3) is 0 Å². The fourth-order valence-corrected chi connectivity index (χ4v) is 2.51. The molecule has 2 N–H and O–H groups in total. The van der Waals surface area contributed by atoms with E-state index in [0.29, 0.717) is 5.56 Å². The van der Waals surface area contributed by atoms with Crippen molar-refractivity contribution < 1.29 is 9.90 Å². The van der Waals surface area contributed by atoms with Crippen LogP contribution in [0.15, 0.2) is 30.3 Å². The largest absolute Gasteiger partial charge is 0.378 e. The van der Waals surface area contributed by atoms with Crippen molar-refractivity contribution in [2.24, 2.45) is 0 Å². The van der Waals surface area contributed by atoms with E-state index in [-0.39, 0.29) is 24.4 Å². The van der Waals surface area contributed by atoms with Gasteiger partial charge >= 0.3 is 0 Å². The number of halogens is 1. The number of carbonyl (C=O) groups excluding carboxylic acids is 1. The molecule has 2 rings (SSSR count). The number of aliphatic hydroxyl groups is 1. The second-order valence-corrected chi connectivity index (χ2v) is 4.70. The Labute approximate surface area is 120 Å². The lowest BCUT2D eigenvalue weighted by atomic mass is 10.1. The van der Waals surface area contributed by atoms with Crippen LogP contribution < -0.4 is 5.32 Å². The molecule has 2 atom stereocenters. The standard InChI is InChI=1S/C14H20N2O2.ClH/c1-15-10-12-8-5-9-16(12)14(18)13(17)11-6-3-2-4-7-11;/h2-4,6-7,12-13,15,17H,5,8-10H2,1H3;1H. The van der Waals surface area contributed by atoms with Gasteiger partial charge in [-0.15, -0.1) is 12.4 Å². The van der Waals surface area contributed by atoms with Crippen LogP contribution in [0.5, 0.6) is 0 Å². The first kappa shape index (κ1) is 16.0. The molecule has 0 aromatic heterocycles. The number of amides is 1. The molecule has 2 unspecified atom stereocenters. The topological polar surface area (TPSA) is 52.6 Å². The Balaban J connectivity index is 0.00000180. The van der Waals surface area contributed by atoms with Gasteiger partial charge in [-0.05, 0) is 25.5 Å². The maximum absolute atomic E-state index is 12.3. The fourth-order valence-electron chi connectivity index (χ4n) is 2.51. The molecule has 1 aliphatic rings. The summed E-state index contributed by atoms with van der Waals surface area (Å²) in [4.78, 5) is 14.1. The smallest absolute Gasteiger partial charge is 0.256 e. The Morgan fingerprint density at radius 1 is 1.47 bits per heavy atom. The minimum Gasteiger partial charge on any atom is -0.378 e. The van der Waals surface area contributed by atoms with E-state index in [4.69, 9.17) is 0 Å². The number of likely N-dealkylation sites (tertiary alicyclic amines) is 1. The van der Waals surface area contributed by atoms with Gasteiger partial charge in [0.05, 0.1) is 0 Å². The van der Waals surface area contributed by atoms with E-state index in [9.17, 15) is 9.90 Å². The van der Waals surface area contributed by atoms with Crippen molar-refractivity contribution in [1.82, 2.24) is 10.2 Å². The number of aliphatic hydroxyl groups excluding tert-OH is 1. The Bertz CT molecular complexity index is 400. The van der Waals surface area contributed by atoms with Crippen molar-refractivity contribution in [2.75, 3.05) is 20.1 Å². The van der Waals surface area contributed by atoms with E-state index in [2.05, 4.69) is 5.32 Å². The van der Waals surface area contributed by atoms with Crippen molar-refractivity contribution in [3.8, 4) is 0 Å². The molecule has 1 saturated heterocycles. The average molecular weight is 285 g/mol. The van der Waals surface area contributed by atoms with Crippen LogP contribution in [-0.4, -0.2) is 42.1 Å². The monoisotopic (exact) mass is 284 g/mol. The lowest BCUT2D eigenvalue weighted by molar-refractivity contribution is -0.141. The highest BCUT2D eigenvalue weighted by molar-refractivity contribution is 5.85. The maximum Gasteiger partial charge on any atom is 0.256 e. The first-order valence-electron chi connectivity index (χ1n) is 6.42. The SMILES string of the molecule is CNCC1CCCN1C(=O)C(O)c1ccccc1.Cl. The van der Waals surface area contributed by atoms with Gasteiger partial charge in [0.1, 0.15) is 0 Å². The number of hydrogen-bond acceptors (Lipinski definition) is 3. The normalized spacial score (nSPS) is 19.9. The number of rotatable bonds is 4. The maximum atomic E-state index is 12.3. The lowest BCUT2D eigenvalue weighted by Gasteiger charge is -2.26. The van der Waals surface area contributed by atoms with Gasteiger partial charge in [0.25, 0.3) is 5.91 Å². The van der Waals surface area contributed by atoms with Gasteiger partial charge < -0.3 is 15.3 Å². The minimum atomic E-state index is -1.04. The molecular weight excluding hydrogens is 264 g/mol. The van der Waals surface area contributed by atoms with E-state index in [1.165, 1.54) is 0 Å². The third kappa shape index (κ3) is 3.69. The first-order valence-corrected chi connectivity index (χ1v) is 6.42. The molecule has 1 fully saturated rings. The highest BCUT2D eigenvalue weighted by Gasteiger charge is 2.32. The van der Waals surface area contributed by atoms with Crippen molar-refractivity contribution in [3.63, 3.8) is 0 Å². The predicted molar refractivity (Wildman–Crippen MR) is 77.3 cm³/mol. The highest BCUT2D eigenvalue weighted by atomic mass is 35.5. The molecule has 1 heterocycles. The summed E-state index contributed by atoms with van der Waals surface area (Å²) >= 11 is 0. The number of nitrogens with one attached hydrogen (secondary N) is 1. The summed E-state index contributed by atoms with van der Waals surface area (Å²) in [6.07, 6.45) is 0.983. The molecule has 0 bridgehead atoms. The third-order valence-electron chi connectivity index (χ3n) is 3.45. The quantitative estimate of drug-likeness (QED) is 0.878. The van der Waals surface area contributed by atoms with E-state index >= 15 is 0 Å². The second kappa shape index (κ2) is 7.48. The Morgan fingerprint density at radius 2 is 2.16 bits per heavy atom. The van der Waals surface area contributed by atoms with Crippen LogP contribution >= 0.6 is 12.4 Å². The van der Waals surface area contributed by atoms with Gasteiger partial charge in [-0.2, -0.15) is 0 Å². The fraction of sp³-hybridized carbons (Fsp3) is 0.500. The number of carbonyl (C=O) groups is 1. The van der Waals surface area contributed by atoms with Crippen LogP contribution in [0, 0.1) is 0 Å². The van der Waals surface area contributed by atoms with Crippen molar-refractivity contribution in [2.45, 2.75) is 25.0 Å². The van der Waals surface area contributed by atoms with Gasteiger partial charge in [-0.25, -0.2) is 0 Å². The summed E-state index contributed by atoms with van der Waals surface area (Å²) in [5.41, 5.74) is 0.664. The summed E-state index contributed by atoms with van der Waals surface area (Å²) in [7, 11) is 1.88. The highest BCUT2D eigenvalue weighted by Crippen LogP contribution is 2.22. The van der Waals surface area contributed by atoms with Gasteiger partial charge in [-0.3, -0.25) is 4.79 Å². The Morgan fingerprint density at radius 3 is 2.79 bits per heavy atom. The summed E-state index contributed by atoms with van der Waals surface area (Å²) in [5, 5.41) is 13.2.